The van der Waals surface area contributed by atoms with Gasteiger partial charge in [0.2, 0.25) is 6.79 Å². The lowest BCUT2D eigenvalue weighted by atomic mass is 10.2. The first-order valence-electron chi connectivity index (χ1n) is 5.77. The predicted octanol–water partition coefficient (Wildman–Crippen LogP) is 0.634. The summed E-state index contributed by atoms with van der Waals surface area (Å²) in [5, 5.41) is 20.3. The van der Waals surface area contributed by atoms with Crippen molar-refractivity contribution < 1.29 is 29.3 Å². The van der Waals surface area contributed by atoms with E-state index in [0.717, 1.165) is 0 Å². The Balaban J connectivity index is 1.96. The molecule has 1 heterocycles. The van der Waals surface area contributed by atoms with E-state index in [1.165, 1.54) is 12.1 Å². The van der Waals surface area contributed by atoms with Gasteiger partial charge in [-0.2, -0.15) is 0 Å². The molecule has 0 fully saturated rings. The zero-order chi connectivity index (χ0) is 14.7. The van der Waals surface area contributed by atoms with Crippen LogP contribution in [0.15, 0.2) is 12.1 Å². The first-order chi connectivity index (χ1) is 9.49. The topological polar surface area (TPSA) is 105 Å². The zero-order valence-corrected chi connectivity index (χ0v) is 11.0. The standard InChI is InChI=1S/C12H12ClNO6/c13-7-3-6(4-9-10(7)20-5-19-9)11(16)14-2-1-8(15)12(17)18/h3-4,8,15H,1-2,5H2,(H,14,16)(H,17,18). The minimum atomic E-state index is -1.50. The lowest BCUT2D eigenvalue weighted by Gasteiger charge is -2.08. The largest absolute Gasteiger partial charge is 0.479 e. The highest BCUT2D eigenvalue weighted by Crippen LogP contribution is 2.39. The van der Waals surface area contributed by atoms with Gasteiger partial charge in [0.15, 0.2) is 17.6 Å². The van der Waals surface area contributed by atoms with Crippen molar-refractivity contribution in [3.05, 3.63) is 22.7 Å². The van der Waals surface area contributed by atoms with Crippen LogP contribution in [0, 0.1) is 0 Å². The quantitative estimate of drug-likeness (QED) is 0.737. The summed E-state index contributed by atoms with van der Waals surface area (Å²) < 4.78 is 10.3. The molecule has 0 spiro atoms. The molecule has 108 valence electrons. The summed E-state index contributed by atoms with van der Waals surface area (Å²) in [5.74, 6) is -0.995. The molecular formula is C12H12ClNO6. The number of fused-ring (bicyclic) bond motifs is 1. The van der Waals surface area contributed by atoms with Gasteiger partial charge in [0.25, 0.3) is 5.91 Å². The molecule has 0 saturated heterocycles. The molecule has 0 aromatic heterocycles. The van der Waals surface area contributed by atoms with Gasteiger partial charge in [-0.25, -0.2) is 4.79 Å². The van der Waals surface area contributed by atoms with Crippen LogP contribution in [0.4, 0.5) is 0 Å². The number of aliphatic carboxylic acids is 1. The number of benzene rings is 1. The molecule has 20 heavy (non-hydrogen) atoms. The fourth-order valence-corrected chi connectivity index (χ4v) is 1.91. The van der Waals surface area contributed by atoms with Crippen LogP contribution < -0.4 is 14.8 Å². The molecule has 1 amide bonds. The minimum Gasteiger partial charge on any atom is -0.479 e. The van der Waals surface area contributed by atoms with Gasteiger partial charge < -0.3 is 25.0 Å². The molecule has 1 aliphatic rings. The number of nitrogens with one attached hydrogen (secondary N) is 1. The van der Waals surface area contributed by atoms with Crippen LogP contribution in [0.2, 0.25) is 5.02 Å². The maximum Gasteiger partial charge on any atom is 0.332 e. The number of rotatable bonds is 5. The fraction of sp³-hybridized carbons (Fsp3) is 0.333. The van der Waals surface area contributed by atoms with Crippen LogP contribution in [0.1, 0.15) is 16.8 Å². The number of carbonyl (C=O) groups is 2. The maximum atomic E-state index is 11.9. The Labute approximate surface area is 119 Å². The lowest BCUT2D eigenvalue weighted by molar-refractivity contribution is -0.146. The number of aliphatic hydroxyl groups is 1. The molecular weight excluding hydrogens is 290 g/mol. The monoisotopic (exact) mass is 301 g/mol. The second-order valence-electron chi connectivity index (χ2n) is 4.09. The SMILES string of the molecule is O=C(NCCC(O)C(=O)O)c1cc(Cl)c2c(c1)OCO2. The summed E-state index contributed by atoms with van der Waals surface area (Å²) in [6.45, 7) is 0.0727. The summed E-state index contributed by atoms with van der Waals surface area (Å²) >= 11 is 5.94. The normalized spacial score (nSPS) is 13.9. The summed E-state index contributed by atoms with van der Waals surface area (Å²) in [7, 11) is 0. The highest BCUT2D eigenvalue weighted by molar-refractivity contribution is 6.32. The second-order valence-corrected chi connectivity index (χ2v) is 4.50. The van der Waals surface area contributed by atoms with Crippen molar-refractivity contribution in [3.63, 3.8) is 0 Å². The molecule has 7 nitrogen and oxygen atoms in total. The van der Waals surface area contributed by atoms with Crippen LogP contribution in [-0.4, -0.2) is 41.5 Å². The van der Waals surface area contributed by atoms with Crippen molar-refractivity contribution in [1.29, 1.82) is 0 Å². The smallest absolute Gasteiger partial charge is 0.332 e. The molecule has 1 aromatic rings. The first-order valence-corrected chi connectivity index (χ1v) is 6.15. The Morgan fingerprint density at radius 1 is 1.40 bits per heavy atom. The number of hydrogen-bond acceptors (Lipinski definition) is 5. The van der Waals surface area contributed by atoms with Crippen LogP contribution >= 0.6 is 11.6 Å². The third-order valence-corrected chi connectivity index (χ3v) is 2.96. The number of carboxylic acid groups (broad SMARTS) is 1. The highest BCUT2D eigenvalue weighted by atomic mass is 35.5. The fourth-order valence-electron chi connectivity index (χ4n) is 1.65. The van der Waals surface area contributed by atoms with Gasteiger partial charge in [-0.1, -0.05) is 11.6 Å². The summed E-state index contributed by atoms with van der Waals surface area (Å²) in [4.78, 5) is 22.3. The first kappa shape index (κ1) is 14.4. The maximum absolute atomic E-state index is 11.9. The Morgan fingerprint density at radius 3 is 2.85 bits per heavy atom. The third kappa shape index (κ3) is 3.12. The van der Waals surface area contributed by atoms with E-state index < -0.39 is 18.0 Å². The second kappa shape index (κ2) is 5.98. The molecule has 8 heteroatoms. The van der Waals surface area contributed by atoms with E-state index >= 15 is 0 Å². The number of halogens is 1. The van der Waals surface area contributed by atoms with Crippen LogP contribution in [-0.2, 0) is 4.79 Å². The molecule has 1 unspecified atom stereocenters. The molecule has 2 rings (SSSR count). The zero-order valence-electron chi connectivity index (χ0n) is 10.3. The number of aliphatic hydroxyl groups excluding tert-OH is 1. The van der Waals surface area contributed by atoms with Gasteiger partial charge in [-0.05, 0) is 12.1 Å². The van der Waals surface area contributed by atoms with E-state index in [-0.39, 0.29) is 30.3 Å². The van der Waals surface area contributed by atoms with Gasteiger partial charge >= 0.3 is 5.97 Å². The van der Waals surface area contributed by atoms with Crippen LogP contribution in [0.3, 0.4) is 0 Å². The van der Waals surface area contributed by atoms with E-state index in [1.807, 2.05) is 0 Å². The van der Waals surface area contributed by atoms with Crippen LogP contribution in [0.25, 0.3) is 0 Å². The van der Waals surface area contributed by atoms with E-state index in [1.54, 1.807) is 0 Å². The minimum absolute atomic E-state index is 0.0262. The van der Waals surface area contributed by atoms with E-state index in [0.29, 0.717) is 11.5 Å². The van der Waals surface area contributed by atoms with Crippen molar-refractivity contribution in [3.8, 4) is 11.5 Å². The average Bonchev–Trinajstić information content (AvgIpc) is 2.87. The van der Waals surface area contributed by atoms with Crippen molar-refractivity contribution in [1.82, 2.24) is 5.32 Å². The Kier molecular flexibility index (Phi) is 4.31. The Bertz CT molecular complexity index is 547. The number of carbonyl (C=O) groups excluding carboxylic acids is 1. The van der Waals surface area contributed by atoms with Gasteiger partial charge in [-0.15, -0.1) is 0 Å². The number of ether oxygens (including phenoxy) is 2. The Morgan fingerprint density at radius 2 is 2.15 bits per heavy atom. The number of hydrogen-bond donors (Lipinski definition) is 3. The van der Waals surface area contributed by atoms with E-state index in [9.17, 15) is 9.59 Å². The summed E-state index contributed by atoms with van der Waals surface area (Å²) in [6, 6.07) is 2.91. The average molecular weight is 302 g/mol. The molecule has 0 saturated carbocycles. The molecule has 1 aromatic carbocycles. The molecule has 3 N–H and O–H groups in total. The predicted molar refractivity (Wildman–Crippen MR) is 68.2 cm³/mol. The van der Waals surface area contributed by atoms with Gasteiger partial charge in [0, 0.05) is 18.5 Å². The van der Waals surface area contributed by atoms with Gasteiger partial charge in [0.1, 0.15) is 0 Å². The molecule has 1 aliphatic heterocycles. The number of amides is 1. The van der Waals surface area contributed by atoms with Crippen molar-refractivity contribution in [2.75, 3.05) is 13.3 Å². The van der Waals surface area contributed by atoms with E-state index in [4.69, 9.17) is 31.3 Å². The summed E-state index contributed by atoms with van der Waals surface area (Å²) in [6.07, 6.45) is -1.59. The van der Waals surface area contributed by atoms with Crippen molar-refractivity contribution in [2.24, 2.45) is 0 Å². The number of carboxylic acids is 1. The van der Waals surface area contributed by atoms with Crippen molar-refractivity contribution in [2.45, 2.75) is 12.5 Å². The van der Waals surface area contributed by atoms with E-state index in [2.05, 4.69) is 5.32 Å². The molecule has 0 bridgehead atoms. The molecule has 0 aliphatic carbocycles. The Hall–Kier alpha value is -1.99. The van der Waals surface area contributed by atoms with Crippen molar-refractivity contribution >= 4 is 23.5 Å². The highest BCUT2D eigenvalue weighted by Gasteiger charge is 2.21. The van der Waals surface area contributed by atoms with Crippen LogP contribution in [0.5, 0.6) is 11.5 Å². The lowest BCUT2D eigenvalue weighted by Crippen LogP contribution is -2.30. The molecule has 0 radical (unpaired) electrons. The van der Waals surface area contributed by atoms with Gasteiger partial charge in [-0.3, -0.25) is 4.79 Å². The third-order valence-electron chi connectivity index (χ3n) is 2.68. The van der Waals surface area contributed by atoms with Gasteiger partial charge in [0.05, 0.1) is 5.02 Å². The summed E-state index contributed by atoms with van der Waals surface area (Å²) in [5.41, 5.74) is 0.268. The molecule has 1 atom stereocenters.